The van der Waals surface area contributed by atoms with Crippen molar-refractivity contribution in [3.63, 3.8) is 0 Å². The highest BCUT2D eigenvalue weighted by Gasteiger charge is 2.37. The van der Waals surface area contributed by atoms with Gasteiger partial charge in [0.15, 0.2) is 5.82 Å². The lowest BCUT2D eigenvalue weighted by molar-refractivity contribution is -0.137. The standard InChI is InChI=1S/C19H15BrF3IN4/c1-27(14-7-3-12(20)4-8-14)17-16(19(21,22)23)11-25-18(26-17)28(2)15-9-5-13(24)6-10-15/h3-11H,1-2H3. The Labute approximate surface area is 182 Å². The van der Waals surface area contributed by atoms with Crippen molar-refractivity contribution in [3.8, 4) is 0 Å². The molecule has 0 aliphatic carbocycles. The molecule has 0 saturated heterocycles. The molecule has 0 radical (unpaired) electrons. The molecule has 9 heteroatoms. The van der Waals surface area contributed by atoms with E-state index in [9.17, 15) is 13.2 Å². The fourth-order valence-corrected chi connectivity index (χ4v) is 3.17. The summed E-state index contributed by atoms with van der Waals surface area (Å²) in [5.74, 6) is -0.0367. The zero-order valence-corrected chi connectivity index (χ0v) is 18.6. The van der Waals surface area contributed by atoms with Gasteiger partial charge in [-0.2, -0.15) is 18.2 Å². The predicted molar refractivity (Wildman–Crippen MR) is 116 cm³/mol. The van der Waals surface area contributed by atoms with E-state index in [1.807, 2.05) is 24.3 Å². The summed E-state index contributed by atoms with van der Waals surface area (Å²) >= 11 is 5.51. The van der Waals surface area contributed by atoms with Crippen LogP contribution in [0.1, 0.15) is 5.56 Å². The summed E-state index contributed by atoms with van der Waals surface area (Å²) in [6.45, 7) is 0. The van der Waals surface area contributed by atoms with Crippen molar-refractivity contribution < 1.29 is 13.2 Å². The second kappa shape index (κ2) is 8.24. The zero-order chi connectivity index (χ0) is 20.5. The molecule has 0 fully saturated rings. The van der Waals surface area contributed by atoms with Gasteiger partial charge in [0.05, 0.1) is 0 Å². The van der Waals surface area contributed by atoms with Gasteiger partial charge >= 0.3 is 6.18 Å². The molecule has 28 heavy (non-hydrogen) atoms. The number of aromatic nitrogens is 2. The predicted octanol–water partition coefficient (Wildman–Crippen LogP) is 6.40. The molecule has 1 heterocycles. The van der Waals surface area contributed by atoms with Gasteiger partial charge in [-0.15, -0.1) is 0 Å². The second-order valence-corrected chi connectivity index (χ2v) is 8.14. The molecule has 0 atom stereocenters. The maximum absolute atomic E-state index is 13.6. The van der Waals surface area contributed by atoms with Crippen LogP contribution in [-0.4, -0.2) is 24.1 Å². The zero-order valence-electron chi connectivity index (χ0n) is 14.9. The maximum Gasteiger partial charge on any atom is 0.421 e. The molecular weight excluding hydrogens is 548 g/mol. The van der Waals surface area contributed by atoms with E-state index in [0.29, 0.717) is 5.69 Å². The maximum atomic E-state index is 13.6. The highest BCUT2D eigenvalue weighted by molar-refractivity contribution is 14.1. The van der Waals surface area contributed by atoms with Gasteiger partial charge in [-0.3, -0.25) is 0 Å². The lowest BCUT2D eigenvalue weighted by Crippen LogP contribution is -2.21. The first-order chi connectivity index (χ1) is 13.2. The van der Waals surface area contributed by atoms with Gasteiger partial charge in [-0.05, 0) is 71.1 Å². The second-order valence-electron chi connectivity index (χ2n) is 5.98. The van der Waals surface area contributed by atoms with Crippen LogP contribution in [0.3, 0.4) is 0 Å². The average molecular weight is 563 g/mol. The smallest absolute Gasteiger partial charge is 0.329 e. The summed E-state index contributed by atoms with van der Waals surface area (Å²) in [6, 6.07) is 14.5. The summed E-state index contributed by atoms with van der Waals surface area (Å²) in [7, 11) is 3.27. The van der Waals surface area contributed by atoms with Gasteiger partial charge in [0, 0.05) is 39.7 Å². The van der Waals surface area contributed by atoms with Crippen LogP contribution in [-0.2, 0) is 6.18 Å². The van der Waals surface area contributed by atoms with Crippen LogP contribution in [0.4, 0.5) is 36.3 Å². The number of alkyl halides is 3. The molecule has 0 aliphatic heterocycles. The van der Waals surface area contributed by atoms with Crippen LogP contribution in [0.15, 0.2) is 59.2 Å². The molecule has 0 amide bonds. The third-order valence-electron chi connectivity index (χ3n) is 4.11. The fraction of sp³-hybridized carbons (Fsp3) is 0.158. The summed E-state index contributed by atoms with van der Waals surface area (Å²) < 4.78 is 42.6. The van der Waals surface area contributed by atoms with E-state index in [4.69, 9.17) is 0 Å². The monoisotopic (exact) mass is 562 g/mol. The van der Waals surface area contributed by atoms with E-state index in [-0.39, 0.29) is 11.8 Å². The summed E-state index contributed by atoms with van der Waals surface area (Å²) in [5, 5.41) is 0. The highest BCUT2D eigenvalue weighted by atomic mass is 127. The molecule has 1 aromatic heterocycles. The van der Waals surface area contributed by atoms with Crippen LogP contribution >= 0.6 is 38.5 Å². The number of rotatable bonds is 4. The quantitative estimate of drug-likeness (QED) is 0.345. The van der Waals surface area contributed by atoms with Gasteiger partial charge in [-0.25, -0.2) is 4.98 Å². The Bertz CT molecular complexity index is 962. The highest BCUT2D eigenvalue weighted by Crippen LogP contribution is 2.38. The Morgan fingerprint density at radius 1 is 0.893 bits per heavy atom. The molecule has 0 aliphatic rings. The minimum Gasteiger partial charge on any atom is -0.329 e. The average Bonchev–Trinajstić information content (AvgIpc) is 2.67. The summed E-state index contributed by atoms with van der Waals surface area (Å²) in [6.07, 6.45) is -3.74. The summed E-state index contributed by atoms with van der Waals surface area (Å²) in [4.78, 5) is 11.3. The van der Waals surface area contributed by atoms with Crippen molar-refractivity contribution in [1.82, 2.24) is 9.97 Å². The van der Waals surface area contributed by atoms with Crippen LogP contribution in [0.25, 0.3) is 0 Å². The molecule has 0 spiro atoms. The third-order valence-corrected chi connectivity index (χ3v) is 5.35. The molecule has 146 valence electrons. The van der Waals surface area contributed by atoms with Crippen molar-refractivity contribution in [2.24, 2.45) is 0 Å². The Kier molecular flexibility index (Phi) is 6.13. The molecule has 4 nitrogen and oxygen atoms in total. The first kappa shape index (κ1) is 20.8. The van der Waals surface area contributed by atoms with Gasteiger partial charge < -0.3 is 9.80 Å². The van der Waals surface area contributed by atoms with Crippen LogP contribution < -0.4 is 9.80 Å². The molecule has 0 bridgehead atoms. The lowest BCUT2D eigenvalue weighted by Gasteiger charge is -2.25. The van der Waals surface area contributed by atoms with E-state index in [2.05, 4.69) is 48.5 Å². The largest absolute Gasteiger partial charge is 0.421 e. The third kappa shape index (κ3) is 4.57. The van der Waals surface area contributed by atoms with Gasteiger partial charge in [0.2, 0.25) is 5.95 Å². The minimum atomic E-state index is -4.57. The number of hydrogen-bond acceptors (Lipinski definition) is 4. The van der Waals surface area contributed by atoms with Crippen LogP contribution in [0.5, 0.6) is 0 Å². The van der Waals surface area contributed by atoms with Crippen molar-refractivity contribution in [2.75, 3.05) is 23.9 Å². The number of halogens is 5. The van der Waals surface area contributed by atoms with E-state index in [1.165, 1.54) is 4.90 Å². The van der Waals surface area contributed by atoms with E-state index >= 15 is 0 Å². The molecule has 0 saturated carbocycles. The number of nitrogens with zero attached hydrogens (tertiary/aromatic N) is 4. The first-order valence-corrected chi connectivity index (χ1v) is 9.97. The van der Waals surface area contributed by atoms with Crippen LogP contribution in [0, 0.1) is 3.57 Å². The number of anilines is 4. The van der Waals surface area contributed by atoms with Gasteiger partial charge in [0.1, 0.15) is 5.56 Å². The summed E-state index contributed by atoms with van der Waals surface area (Å²) in [5.41, 5.74) is 0.463. The topological polar surface area (TPSA) is 32.3 Å². The number of benzene rings is 2. The normalized spacial score (nSPS) is 11.4. The van der Waals surface area contributed by atoms with E-state index in [0.717, 1.165) is 19.9 Å². The molecule has 0 N–H and O–H groups in total. The van der Waals surface area contributed by atoms with Gasteiger partial charge in [-0.1, -0.05) is 15.9 Å². The number of hydrogen-bond donors (Lipinski definition) is 0. The molecule has 2 aromatic carbocycles. The first-order valence-electron chi connectivity index (χ1n) is 8.09. The van der Waals surface area contributed by atoms with E-state index in [1.54, 1.807) is 43.3 Å². The molecular formula is C19H15BrF3IN4. The SMILES string of the molecule is CN(c1ccc(I)cc1)c1ncc(C(F)(F)F)c(N(C)c2ccc(Br)cc2)n1. The molecule has 3 rings (SSSR count). The van der Waals surface area contributed by atoms with Crippen LogP contribution in [0.2, 0.25) is 0 Å². The van der Waals surface area contributed by atoms with Crippen molar-refractivity contribution >= 4 is 61.7 Å². The van der Waals surface area contributed by atoms with E-state index < -0.39 is 11.7 Å². The van der Waals surface area contributed by atoms with Crippen molar-refractivity contribution in [2.45, 2.75) is 6.18 Å². The Morgan fingerprint density at radius 2 is 1.43 bits per heavy atom. The molecule has 3 aromatic rings. The Morgan fingerprint density at radius 3 is 2.00 bits per heavy atom. The van der Waals surface area contributed by atoms with Crippen molar-refractivity contribution in [1.29, 1.82) is 0 Å². The minimum absolute atomic E-state index is 0.174. The lowest BCUT2D eigenvalue weighted by atomic mass is 10.2. The molecule has 0 unspecified atom stereocenters. The fourth-order valence-electron chi connectivity index (χ4n) is 2.55. The van der Waals surface area contributed by atoms with Gasteiger partial charge in [0.25, 0.3) is 0 Å². The Hall–Kier alpha value is -1.88. The Balaban J connectivity index is 2.06. The van der Waals surface area contributed by atoms with Crippen molar-refractivity contribution in [3.05, 3.63) is 68.3 Å².